The third kappa shape index (κ3) is 4.72. The summed E-state index contributed by atoms with van der Waals surface area (Å²) in [4.78, 5) is 0.578. The summed E-state index contributed by atoms with van der Waals surface area (Å²) in [5.41, 5.74) is 1.05. The Balaban J connectivity index is 1.73. The van der Waals surface area contributed by atoms with Crippen molar-refractivity contribution in [3.63, 3.8) is 0 Å². The molecule has 1 fully saturated rings. The molecular weight excluding hydrogens is 270 g/mol. The molecule has 0 saturated carbocycles. The molecule has 1 aromatic rings. The Bertz CT molecular complexity index is 389. The van der Waals surface area contributed by atoms with Crippen molar-refractivity contribution in [3.8, 4) is 0 Å². The van der Waals surface area contributed by atoms with E-state index in [1.165, 1.54) is 0 Å². The summed E-state index contributed by atoms with van der Waals surface area (Å²) in [6.07, 6.45) is -0.280. The average molecular weight is 288 g/mol. The molecule has 1 aromatic carbocycles. The third-order valence-electron chi connectivity index (χ3n) is 3.19. The van der Waals surface area contributed by atoms with Crippen LogP contribution in [0.5, 0.6) is 0 Å². The van der Waals surface area contributed by atoms with Crippen molar-refractivity contribution in [2.45, 2.75) is 23.3 Å². The molecule has 0 aliphatic carbocycles. The molecule has 0 amide bonds. The lowest BCUT2D eigenvalue weighted by Gasteiger charge is -2.14. The molecule has 0 radical (unpaired) electrons. The van der Waals surface area contributed by atoms with Gasteiger partial charge in [0, 0.05) is 37.0 Å². The SMILES string of the molecule is OC1CNCC1CNCc1ccc(SC(F)F)cc1. The van der Waals surface area contributed by atoms with E-state index in [9.17, 15) is 13.9 Å². The lowest BCUT2D eigenvalue weighted by Crippen LogP contribution is -2.30. The van der Waals surface area contributed by atoms with Gasteiger partial charge in [0.2, 0.25) is 0 Å². The lowest BCUT2D eigenvalue weighted by molar-refractivity contribution is 0.146. The highest BCUT2D eigenvalue weighted by molar-refractivity contribution is 7.99. The molecule has 0 aromatic heterocycles. The molecule has 0 bridgehead atoms. The first-order valence-corrected chi connectivity index (χ1v) is 7.16. The highest BCUT2D eigenvalue weighted by atomic mass is 32.2. The Morgan fingerprint density at radius 2 is 2.05 bits per heavy atom. The van der Waals surface area contributed by atoms with Crippen LogP contribution in [0.1, 0.15) is 5.56 Å². The van der Waals surface area contributed by atoms with Crippen molar-refractivity contribution in [2.24, 2.45) is 5.92 Å². The van der Waals surface area contributed by atoms with Crippen molar-refractivity contribution in [2.75, 3.05) is 19.6 Å². The van der Waals surface area contributed by atoms with E-state index in [0.717, 1.165) is 18.7 Å². The van der Waals surface area contributed by atoms with Gasteiger partial charge in [0.15, 0.2) is 0 Å². The number of aliphatic hydroxyl groups is 1. The van der Waals surface area contributed by atoms with E-state index in [-0.39, 0.29) is 12.0 Å². The number of aliphatic hydroxyl groups excluding tert-OH is 1. The lowest BCUT2D eigenvalue weighted by atomic mass is 10.1. The Hall–Kier alpha value is -0.690. The van der Waals surface area contributed by atoms with E-state index >= 15 is 0 Å². The van der Waals surface area contributed by atoms with Gasteiger partial charge in [-0.2, -0.15) is 8.78 Å². The minimum atomic E-state index is -2.37. The number of nitrogens with one attached hydrogen (secondary N) is 2. The number of alkyl halides is 2. The molecular formula is C13H18F2N2OS. The maximum Gasteiger partial charge on any atom is 0.288 e. The standard InChI is InChI=1S/C13H18F2N2OS/c14-13(15)19-11-3-1-9(2-4-11)5-16-6-10-7-17-8-12(10)18/h1-4,10,12-13,16-18H,5-8H2. The first-order valence-electron chi connectivity index (χ1n) is 6.28. The number of hydrogen-bond acceptors (Lipinski definition) is 4. The highest BCUT2D eigenvalue weighted by Gasteiger charge is 2.23. The van der Waals surface area contributed by atoms with Crippen molar-refractivity contribution < 1.29 is 13.9 Å². The fourth-order valence-corrected chi connectivity index (χ4v) is 2.62. The molecule has 106 valence electrons. The van der Waals surface area contributed by atoms with Gasteiger partial charge in [-0.25, -0.2) is 0 Å². The van der Waals surface area contributed by atoms with Crippen LogP contribution in [0.4, 0.5) is 8.78 Å². The van der Waals surface area contributed by atoms with E-state index in [0.29, 0.717) is 29.7 Å². The van der Waals surface area contributed by atoms with Gasteiger partial charge in [0.05, 0.1) is 6.10 Å². The second-order valence-electron chi connectivity index (χ2n) is 4.64. The van der Waals surface area contributed by atoms with Gasteiger partial charge in [-0.3, -0.25) is 0 Å². The fourth-order valence-electron chi connectivity index (χ4n) is 2.12. The number of hydrogen-bond donors (Lipinski definition) is 3. The zero-order valence-electron chi connectivity index (χ0n) is 10.5. The molecule has 2 atom stereocenters. The summed E-state index contributed by atoms with van der Waals surface area (Å²) in [5.74, 6) is -2.13. The van der Waals surface area contributed by atoms with E-state index in [4.69, 9.17) is 0 Å². The second-order valence-corrected chi connectivity index (χ2v) is 5.70. The quantitative estimate of drug-likeness (QED) is 0.697. The van der Waals surface area contributed by atoms with Crippen LogP contribution in [-0.2, 0) is 6.54 Å². The molecule has 2 unspecified atom stereocenters. The van der Waals surface area contributed by atoms with Gasteiger partial charge in [-0.15, -0.1) is 0 Å². The molecule has 19 heavy (non-hydrogen) atoms. The molecule has 1 aliphatic heterocycles. The summed E-state index contributed by atoms with van der Waals surface area (Å²) in [6.45, 7) is 2.93. The molecule has 6 heteroatoms. The van der Waals surface area contributed by atoms with Crippen LogP contribution in [-0.4, -0.2) is 36.6 Å². The summed E-state index contributed by atoms with van der Waals surface area (Å²) in [7, 11) is 0. The van der Waals surface area contributed by atoms with Gasteiger partial charge >= 0.3 is 0 Å². The summed E-state index contributed by atoms with van der Waals surface area (Å²) in [6, 6.07) is 7.11. The number of halogens is 2. The smallest absolute Gasteiger partial charge is 0.288 e. The van der Waals surface area contributed by atoms with Crippen molar-refractivity contribution in [1.29, 1.82) is 0 Å². The zero-order chi connectivity index (χ0) is 13.7. The second kappa shape index (κ2) is 7.19. The molecule has 3 nitrogen and oxygen atoms in total. The average Bonchev–Trinajstić information content (AvgIpc) is 2.77. The Morgan fingerprint density at radius 3 is 2.63 bits per heavy atom. The topological polar surface area (TPSA) is 44.3 Å². The molecule has 1 aliphatic rings. The van der Waals surface area contributed by atoms with E-state index in [1.54, 1.807) is 12.1 Å². The van der Waals surface area contributed by atoms with E-state index in [2.05, 4.69) is 10.6 Å². The molecule has 0 spiro atoms. The first-order chi connectivity index (χ1) is 9.15. The zero-order valence-corrected chi connectivity index (χ0v) is 11.3. The summed E-state index contributed by atoms with van der Waals surface area (Å²) >= 11 is 0.557. The van der Waals surface area contributed by atoms with Gasteiger partial charge in [-0.1, -0.05) is 23.9 Å². The minimum absolute atomic E-state index is 0.244. The number of thioether (sulfide) groups is 1. The summed E-state index contributed by atoms with van der Waals surface area (Å²) < 4.78 is 24.3. The molecule has 1 heterocycles. The van der Waals surface area contributed by atoms with E-state index < -0.39 is 5.76 Å². The van der Waals surface area contributed by atoms with Gasteiger partial charge < -0.3 is 15.7 Å². The molecule has 2 rings (SSSR count). The first kappa shape index (κ1) is 14.7. The Morgan fingerprint density at radius 1 is 1.32 bits per heavy atom. The van der Waals surface area contributed by atoms with Crippen molar-refractivity contribution >= 4 is 11.8 Å². The fraction of sp³-hybridized carbons (Fsp3) is 0.538. The number of β-amino-alcohol motifs (C(OH)–C–C–N with tert-alkyl or cyclic N) is 1. The van der Waals surface area contributed by atoms with Gasteiger partial charge in [0.25, 0.3) is 5.76 Å². The predicted molar refractivity (Wildman–Crippen MR) is 72.4 cm³/mol. The normalized spacial score (nSPS) is 23.2. The molecule has 1 saturated heterocycles. The monoisotopic (exact) mass is 288 g/mol. The van der Waals surface area contributed by atoms with Crippen LogP contribution < -0.4 is 10.6 Å². The van der Waals surface area contributed by atoms with Crippen LogP contribution in [0, 0.1) is 5.92 Å². The third-order valence-corrected chi connectivity index (χ3v) is 3.91. The number of rotatable bonds is 6. The van der Waals surface area contributed by atoms with Crippen LogP contribution in [0.15, 0.2) is 29.2 Å². The van der Waals surface area contributed by atoms with Crippen LogP contribution >= 0.6 is 11.8 Å². The summed E-state index contributed by atoms with van der Waals surface area (Å²) in [5, 5.41) is 16.0. The number of benzene rings is 1. The van der Waals surface area contributed by atoms with Crippen molar-refractivity contribution in [3.05, 3.63) is 29.8 Å². The largest absolute Gasteiger partial charge is 0.391 e. The predicted octanol–water partition coefficient (Wildman–Crippen LogP) is 1.67. The maximum absolute atomic E-state index is 12.2. The van der Waals surface area contributed by atoms with Crippen LogP contribution in [0.3, 0.4) is 0 Å². The van der Waals surface area contributed by atoms with Gasteiger partial charge in [-0.05, 0) is 17.7 Å². The maximum atomic E-state index is 12.2. The van der Waals surface area contributed by atoms with Crippen LogP contribution in [0.2, 0.25) is 0 Å². The van der Waals surface area contributed by atoms with Crippen LogP contribution in [0.25, 0.3) is 0 Å². The van der Waals surface area contributed by atoms with Gasteiger partial charge in [0.1, 0.15) is 0 Å². The van der Waals surface area contributed by atoms with E-state index in [1.807, 2.05) is 12.1 Å². The molecule has 3 N–H and O–H groups in total. The highest BCUT2D eigenvalue weighted by Crippen LogP contribution is 2.25. The minimum Gasteiger partial charge on any atom is -0.391 e. The Labute approximate surface area is 115 Å². The van der Waals surface area contributed by atoms with Crippen molar-refractivity contribution in [1.82, 2.24) is 10.6 Å². The Kier molecular flexibility index (Phi) is 5.57.